The Kier molecular flexibility index (Phi) is 6.85. The van der Waals surface area contributed by atoms with E-state index < -0.39 is 24.1 Å². The number of benzene rings is 1. The second-order valence-corrected chi connectivity index (χ2v) is 6.87. The number of nitrogens with zero attached hydrogens (tertiary/aromatic N) is 3. The van der Waals surface area contributed by atoms with E-state index in [0.29, 0.717) is 20.6 Å². The molecule has 142 valence electrons. The summed E-state index contributed by atoms with van der Waals surface area (Å²) in [5.74, 6) is -0.732. The van der Waals surface area contributed by atoms with Crippen molar-refractivity contribution in [1.82, 2.24) is 14.8 Å². The average molecular weight is 427 g/mol. The van der Waals surface area contributed by atoms with Crippen molar-refractivity contribution in [2.24, 2.45) is 7.05 Å². The molecular formula is C16H16Cl3F2N3O2. The second-order valence-electron chi connectivity index (χ2n) is 5.62. The van der Waals surface area contributed by atoms with Crippen molar-refractivity contribution in [3.05, 3.63) is 50.2 Å². The van der Waals surface area contributed by atoms with Gasteiger partial charge in [-0.3, -0.25) is 14.3 Å². The van der Waals surface area contributed by atoms with Crippen molar-refractivity contribution in [1.29, 1.82) is 0 Å². The number of halogens is 5. The third kappa shape index (κ3) is 4.46. The minimum absolute atomic E-state index is 0.232. The summed E-state index contributed by atoms with van der Waals surface area (Å²) < 4.78 is 27.4. The molecule has 5 nitrogen and oxygen atoms in total. The summed E-state index contributed by atoms with van der Waals surface area (Å²) in [6, 6.07) is 2.52. The van der Waals surface area contributed by atoms with Crippen LogP contribution in [-0.2, 0) is 18.3 Å². The number of carbonyl (C=O) groups is 1. The van der Waals surface area contributed by atoms with E-state index in [1.54, 1.807) is 6.92 Å². The highest BCUT2D eigenvalue weighted by Gasteiger charge is 2.30. The molecule has 1 aromatic carbocycles. The molecule has 0 saturated carbocycles. The summed E-state index contributed by atoms with van der Waals surface area (Å²) in [4.78, 5) is 17.8. The molecule has 0 aliphatic carbocycles. The zero-order valence-electron chi connectivity index (χ0n) is 14.1. The van der Waals surface area contributed by atoms with Gasteiger partial charge in [-0.1, -0.05) is 34.8 Å². The molecule has 10 heteroatoms. The lowest BCUT2D eigenvalue weighted by Crippen LogP contribution is -2.39. The maximum absolute atomic E-state index is 13.1. The van der Waals surface area contributed by atoms with Gasteiger partial charge in [-0.15, -0.1) is 0 Å². The predicted octanol–water partition coefficient (Wildman–Crippen LogP) is 4.95. The van der Waals surface area contributed by atoms with Gasteiger partial charge in [-0.05, 0) is 31.0 Å². The van der Waals surface area contributed by atoms with Gasteiger partial charge < -0.3 is 0 Å². The van der Waals surface area contributed by atoms with Gasteiger partial charge in [-0.2, -0.15) is 5.10 Å². The monoisotopic (exact) mass is 425 g/mol. The highest BCUT2D eigenvalue weighted by Crippen LogP contribution is 2.31. The highest BCUT2D eigenvalue weighted by molar-refractivity contribution is 6.39. The molecule has 1 amide bonds. The third-order valence-corrected chi connectivity index (χ3v) is 4.59. The molecule has 1 atom stereocenters. The number of aromatic nitrogens is 2. The van der Waals surface area contributed by atoms with Crippen LogP contribution in [0.1, 0.15) is 35.0 Å². The summed E-state index contributed by atoms with van der Waals surface area (Å²) in [5.41, 5.74) is -0.265. The minimum atomic E-state index is -2.88. The van der Waals surface area contributed by atoms with E-state index >= 15 is 0 Å². The van der Waals surface area contributed by atoms with Crippen molar-refractivity contribution in [3.63, 3.8) is 0 Å². The van der Waals surface area contributed by atoms with E-state index in [1.807, 2.05) is 0 Å². The fraction of sp³-hybridized carbons (Fsp3) is 0.375. The van der Waals surface area contributed by atoms with E-state index in [-0.39, 0.29) is 12.0 Å². The number of amides is 1. The number of hydroxylamine groups is 2. The molecule has 0 fully saturated rings. The van der Waals surface area contributed by atoms with Crippen LogP contribution >= 0.6 is 34.8 Å². The Morgan fingerprint density at radius 2 is 1.88 bits per heavy atom. The standard InChI is InChI=1S/C16H16Cl3F2N3O2/c1-8(4-10-12(18)5-9(17)6-13(10)19)24(26-3)16(25)11-7-23(2)22-14(11)15(20)21/h5-8,15H,4H2,1-3H3. The first kappa shape index (κ1) is 20.9. The Morgan fingerprint density at radius 1 is 1.31 bits per heavy atom. The molecule has 0 spiro atoms. The van der Waals surface area contributed by atoms with Crippen LogP contribution in [0, 0.1) is 0 Å². The van der Waals surface area contributed by atoms with Gasteiger partial charge >= 0.3 is 0 Å². The number of hydrogen-bond acceptors (Lipinski definition) is 3. The fourth-order valence-electron chi connectivity index (χ4n) is 2.56. The van der Waals surface area contributed by atoms with E-state index in [4.69, 9.17) is 39.6 Å². The van der Waals surface area contributed by atoms with Crippen molar-refractivity contribution in [3.8, 4) is 0 Å². The lowest BCUT2D eigenvalue weighted by atomic mass is 10.1. The molecule has 1 heterocycles. The molecule has 1 aromatic heterocycles. The van der Waals surface area contributed by atoms with Gasteiger partial charge in [0.05, 0.1) is 18.7 Å². The van der Waals surface area contributed by atoms with Crippen LogP contribution < -0.4 is 0 Å². The van der Waals surface area contributed by atoms with Gasteiger partial charge in [0.2, 0.25) is 0 Å². The van der Waals surface area contributed by atoms with Crippen LogP contribution in [0.4, 0.5) is 8.78 Å². The molecular weight excluding hydrogens is 411 g/mol. The molecule has 1 unspecified atom stereocenters. The first-order valence-corrected chi connectivity index (χ1v) is 8.61. The molecule has 0 saturated heterocycles. The molecule has 0 N–H and O–H groups in total. The van der Waals surface area contributed by atoms with Gasteiger partial charge in [0.1, 0.15) is 5.69 Å². The third-order valence-electron chi connectivity index (χ3n) is 3.70. The summed E-state index contributed by atoms with van der Waals surface area (Å²) in [6.45, 7) is 1.68. The van der Waals surface area contributed by atoms with Crippen LogP contribution in [0.2, 0.25) is 15.1 Å². The van der Waals surface area contributed by atoms with Crippen LogP contribution in [0.3, 0.4) is 0 Å². The molecule has 0 radical (unpaired) electrons. The smallest absolute Gasteiger partial charge is 0.275 e. The Morgan fingerprint density at radius 3 is 2.38 bits per heavy atom. The highest BCUT2D eigenvalue weighted by atomic mass is 35.5. The van der Waals surface area contributed by atoms with Gasteiger partial charge in [-0.25, -0.2) is 13.8 Å². The van der Waals surface area contributed by atoms with E-state index in [2.05, 4.69) is 5.10 Å². The predicted molar refractivity (Wildman–Crippen MR) is 96.0 cm³/mol. The number of alkyl halides is 2. The SMILES string of the molecule is CON(C(=O)c1cn(C)nc1C(F)F)C(C)Cc1c(Cl)cc(Cl)cc1Cl. The lowest BCUT2D eigenvalue weighted by molar-refractivity contribution is -0.119. The average Bonchev–Trinajstić information content (AvgIpc) is 2.93. The molecule has 0 bridgehead atoms. The summed E-state index contributed by atoms with van der Waals surface area (Å²) in [6.07, 6.45) is -1.42. The second kappa shape index (κ2) is 8.52. The van der Waals surface area contributed by atoms with E-state index in [0.717, 1.165) is 9.75 Å². The number of hydrogen-bond donors (Lipinski definition) is 0. The molecule has 2 rings (SSSR count). The van der Waals surface area contributed by atoms with Gasteiger partial charge in [0, 0.05) is 28.3 Å². The van der Waals surface area contributed by atoms with Crippen molar-refractivity contribution < 1.29 is 18.4 Å². The number of aryl methyl sites for hydroxylation is 1. The zero-order valence-corrected chi connectivity index (χ0v) is 16.4. The molecule has 0 aliphatic heterocycles. The first-order valence-electron chi connectivity index (χ1n) is 7.48. The largest absolute Gasteiger partial charge is 0.282 e. The van der Waals surface area contributed by atoms with Gasteiger partial charge in [0.15, 0.2) is 0 Å². The fourth-order valence-corrected chi connectivity index (χ4v) is 3.53. The molecule has 0 aliphatic rings. The zero-order chi connectivity index (χ0) is 19.6. The minimum Gasteiger partial charge on any atom is -0.275 e. The Bertz CT molecular complexity index is 791. The maximum Gasteiger partial charge on any atom is 0.282 e. The van der Waals surface area contributed by atoms with E-state index in [9.17, 15) is 13.6 Å². The number of carbonyl (C=O) groups excluding carboxylic acids is 1. The molecule has 26 heavy (non-hydrogen) atoms. The Balaban J connectivity index is 2.29. The lowest BCUT2D eigenvalue weighted by Gasteiger charge is -2.27. The Labute approximate surface area is 164 Å². The molecule has 2 aromatic rings. The summed E-state index contributed by atoms with van der Waals surface area (Å²) in [7, 11) is 2.73. The Hall–Kier alpha value is -1.41. The van der Waals surface area contributed by atoms with E-state index in [1.165, 1.54) is 32.5 Å². The topological polar surface area (TPSA) is 47.4 Å². The summed E-state index contributed by atoms with van der Waals surface area (Å²) in [5, 5.41) is 5.69. The van der Waals surface area contributed by atoms with Crippen LogP contribution in [0.5, 0.6) is 0 Å². The summed E-state index contributed by atoms with van der Waals surface area (Å²) >= 11 is 18.2. The van der Waals surface area contributed by atoms with Gasteiger partial charge in [0.25, 0.3) is 12.3 Å². The normalized spacial score (nSPS) is 12.5. The van der Waals surface area contributed by atoms with Crippen LogP contribution in [0.15, 0.2) is 18.3 Å². The van der Waals surface area contributed by atoms with Crippen molar-refractivity contribution in [2.45, 2.75) is 25.8 Å². The van der Waals surface area contributed by atoms with Crippen molar-refractivity contribution >= 4 is 40.7 Å². The van der Waals surface area contributed by atoms with Crippen LogP contribution in [-0.4, -0.2) is 33.9 Å². The number of rotatable bonds is 6. The van der Waals surface area contributed by atoms with Crippen LogP contribution in [0.25, 0.3) is 0 Å². The quantitative estimate of drug-likeness (QED) is 0.614. The maximum atomic E-state index is 13.1. The first-order chi connectivity index (χ1) is 12.1. The van der Waals surface area contributed by atoms with Crippen molar-refractivity contribution in [2.75, 3.05) is 7.11 Å².